The predicted molar refractivity (Wildman–Crippen MR) is 48.2 cm³/mol. The van der Waals surface area contributed by atoms with Crippen molar-refractivity contribution >= 4 is 11.9 Å². The van der Waals surface area contributed by atoms with Gasteiger partial charge in [-0.3, -0.25) is 9.59 Å². The highest BCUT2D eigenvalue weighted by Gasteiger charge is 2.18. The van der Waals surface area contributed by atoms with Crippen LogP contribution in [0.25, 0.3) is 0 Å². The number of nitrogens with two attached hydrogens (primary N) is 1. The van der Waals surface area contributed by atoms with Gasteiger partial charge >= 0.3 is 5.97 Å². The number of carbonyl (C=O) groups is 2. The third-order valence-electron chi connectivity index (χ3n) is 1.70. The third kappa shape index (κ3) is 4.47. The van der Waals surface area contributed by atoms with Crippen LogP contribution in [0.5, 0.6) is 0 Å². The summed E-state index contributed by atoms with van der Waals surface area (Å²) in [6, 6.07) is -1.09. The number of amides is 1. The predicted octanol–water partition coefficient (Wildman–Crippen LogP) is -0.343. The van der Waals surface area contributed by atoms with Gasteiger partial charge < -0.3 is 15.7 Å². The first kappa shape index (κ1) is 11.9. The first-order chi connectivity index (χ1) is 5.99. The van der Waals surface area contributed by atoms with Crippen molar-refractivity contribution in [2.24, 2.45) is 5.73 Å². The monoisotopic (exact) mass is 188 g/mol. The van der Waals surface area contributed by atoms with Crippen molar-refractivity contribution < 1.29 is 14.7 Å². The van der Waals surface area contributed by atoms with Gasteiger partial charge in [-0.05, 0) is 6.42 Å². The van der Waals surface area contributed by atoms with Gasteiger partial charge in [0.25, 0.3) is 0 Å². The second-order valence-electron chi connectivity index (χ2n) is 2.96. The third-order valence-corrected chi connectivity index (χ3v) is 1.70. The van der Waals surface area contributed by atoms with Gasteiger partial charge in [0, 0.05) is 13.6 Å². The molecule has 0 spiro atoms. The molecule has 5 heteroatoms. The molecule has 0 fully saturated rings. The largest absolute Gasteiger partial charge is 0.480 e. The molecular weight excluding hydrogens is 172 g/mol. The number of nitrogens with zero attached hydrogens (tertiary/aromatic N) is 1. The Balaban J connectivity index is 3.92. The normalized spacial score (nSPS) is 12.2. The van der Waals surface area contributed by atoms with Gasteiger partial charge in [0.15, 0.2) is 0 Å². The van der Waals surface area contributed by atoms with E-state index in [0.29, 0.717) is 6.54 Å². The van der Waals surface area contributed by atoms with Crippen LogP contribution >= 0.6 is 0 Å². The van der Waals surface area contributed by atoms with Crippen LogP contribution in [-0.2, 0) is 9.59 Å². The average Bonchev–Trinajstić information content (AvgIpc) is 2.04. The Morgan fingerprint density at radius 3 is 2.46 bits per heavy atom. The van der Waals surface area contributed by atoms with Crippen LogP contribution in [0.4, 0.5) is 0 Å². The standard InChI is InChI=1S/C8H16N2O3/c1-3-4-10(2)7(11)5-6(9)8(12)13/h6H,3-5,9H2,1-2H3,(H,12,13). The quantitative estimate of drug-likeness (QED) is 0.618. The number of carboxylic acids is 1. The summed E-state index contributed by atoms with van der Waals surface area (Å²) < 4.78 is 0. The van der Waals surface area contributed by atoms with Crippen LogP contribution in [0.2, 0.25) is 0 Å². The Labute approximate surface area is 77.5 Å². The van der Waals surface area contributed by atoms with Crippen molar-refractivity contribution in [1.82, 2.24) is 4.90 Å². The highest BCUT2D eigenvalue weighted by Crippen LogP contribution is 1.96. The number of aliphatic carboxylic acids is 1. The second-order valence-corrected chi connectivity index (χ2v) is 2.96. The van der Waals surface area contributed by atoms with Gasteiger partial charge in [-0.2, -0.15) is 0 Å². The first-order valence-electron chi connectivity index (χ1n) is 4.21. The average molecular weight is 188 g/mol. The lowest BCUT2D eigenvalue weighted by molar-refractivity contribution is -0.142. The lowest BCUT2D eigenvalue weighted by atomic mass is 10.2. The molecule has 0 bridgehead atoms. The Hall–Kier alpha value is -1.10. The summed E-state index contributed by atoms with van der Waals surface area (Å²) in [6.07, 6.45) is 0.719. The number of hydrogen-bond donors (Lipinski definition) is 2. The maximum Gasteiger partial charge on any atom is 0.321 e. The highest BCUT2D eigenvalue weighted by atomic mass is 16.4. The van der Waals surface area contributed by atoms with Crippen molar-refractivity contribution in [1.29, 1.82) is 0 Å². The van der Waals surface area contributed by atoms with Gasteiger partial charge in [0.1, 0.15) is 6.04 Å². The fraction of sp³-hybridized carbons (Fsp3) is 0.750. The molecule has 1 unspecified atom stereocenters. The summed E-state index contributed by atoms with van der Waals surface area (Å²) >= 11 is 0. The molecule has 1 atom stereocenters. The van der Waals surface area contributed by atoms with Gasteiger partial charge in [-0.25, -0.2) is 0 Å². The zero-order valence-corrected chi connectivity index (χ0v) is 7.99. The van der Waals surface area contributed by atoms with Crippen molar-refractivity contribution in [2.75, 3.05) is 13.6 Å². The molecule has 0 aromatic rings. The molecular formula is C8H16N2O3. The molecule has 5 nitrogen and oxygen atoms in total. The molecule has 0 aromatic carbocycles. The summed E-state index contributed by atoms with van der Waals surface area (Å²) in [7, 11) is 1.64. The number of hydrogen-bond acceptors (Lipinski definition) is 3. The van der Waals surface area contributed by atoms with E-state index in [1.54, 1.807) is 7.05 Å². The minimum Gasteiger partial charge on any atom is -0.480 e. The number of carbonyl (C=O) groups excluding carboxylic acids is 1. The molecule has 0 radical (unpaired) electrons. The molecule has 0 aliphatic carbocycles. The molecule has 0 saturated carbocycles. The molecule has 1 amide bonds. The SMILES string of the molecule is CCCN(C)C(=O)CC(N)C(=O)O. The summed E-state index contributed by atoms with van der Waals surface area (Å²) in [4.78, 5) is 23.0. The van der Waals surface area contributed by atoms with Crippen LogP contribution in [0, 0.1) is 0 Å². The highest BCUT2D eigenvalue weighted by molar-refractivity contribution is 5.84. The van der Waals surface area contributed by atoms with E-state index in [9.17, 15) is 9.59 Å². The topological polar surface area (TPSA) is 83.6 Å². The van der Waals surface area contributed by atoms with Crippen molar-refractivity contribution in [3.63, 3.8) is 0 Å². The molecule has 13 heavy (non-hydrogen) atoms. The van der Waals surface area contributed by atoms with Crippen LogP contribution in [0.3, 0.4) is 0 Å². The summed E-state index contributed by atoms with van der Waals surface area (Å²) in [5.74, 6) is -1.37. The molecule has 0 aliphatic rings. The zero-order chi connectivity index (χ0) is 10.4. The Kier molecular flexibility index (Phi) is 5.06. The molecule has 0 aromatic heterocycles. The van der Waals surface area contributed by atoms with E-state index in [1.807, 2.05) is 6.92 Å². The zero-order valence-electron chi connectivity index (χ0n) is 7.99. The van der Waals surface area contributed by atoms with Gasteiger partial charge in [-0.1, -0.05) is 6.92 Å². The van der Waals surface area contributed by atoms with E-state index in [-0.39, 0.29) is 12.3 Å². The Morgan fingerprint density at radius 1 is 1.54 bits per heavy atom. The number of rotatable bonds is 5. The van der Waals surface area contributed by atoms with Crippen molar-refractivity contribution in [2.45, 2.75) is 25.8 Å². The Morgan fingerprint density at radius 2 is 2.08 bits per heavy atom. The van der Waals surface area contributed by atoms with Gasteiger partial charge in [0.2, 0.25) is 5.91 Å². The van der Waals surface area contributed by atoms with E-state index >= 15 is 0 Å². The summed E-state index contributed by atoms with van der Waals surface area (Å²) in [5, 5.41) is 8.45. The maximum absolute atomic E-state index is 11.2. The molecule has 76 valence electrons. The van der Waals surface area contributed by atoms with E-state index < -0.39 is 12.0 Å². The fourth-order valence-corrected chi connectivity index (χ4v) is 0.891. The van der Waals surface area contributed by atoms with Gasteiger partial charge in [-0.15, -0.1) is 0 Å². The lowest BCUT2D eigenvalue weighted by Crippen LogP contribution is -2.38. The van der Waals surface area contributed by atoms with Crippen LogP contribution in [-0.4, -0.2) is 41.5 Å². The number of carboxylic acid groups (broad SMARTS) is 1. The van der Waals surface area contributed by atoms with E-state index in [1.165, 1.54) is 4.90 Å². The summed E-state index contributed by atoms with van der Waals surface area (Å²) in [6.45, 7) is 2.58. The van der Waals surface area contributed by atoms with Crippen molar-refractivity contribution in [3.05, 3.63) is 0 Å². The molecule has 3 N–H and O–H groups in total. The van der Waals surface area contributed by atoms with Crippen LogP contribution < -0.4 is 5.73 Å². The maximum atomic E-state index is 11.2. The minimum absolute atomic E-state index is 0.133. The van der Waals surface area contributed by atoms with Crippen LogP contribution in [0.1, 0.15) is 19.8 Å². The molecule has 0 rings (SSSR count). The smallest absolute Gasteiger partial charge is 0.321 e. The first-order valence-corrected chi connectivity index (χ1v) is 4.21. The van der Waals surface area contributed by atoms with Crippen molar-refractivity contribution in [3.8, 4) is 0 Å². The summed E-state index contributed by atoms with van der Waals surface area (Å²) in [5.41, 5.74) is 5.20. The fourth-order valence-electron chi connectivity index (χ4n) is 0.891. The molecule has 0 heterocycles. The molecule has 0 saturated heterocycles. The lowest BCUT2D eigenvalue weighted by Gasteiger charge is -2.16. The van der Waals surface area contributed by atoms with E-state index in [0.717, 1.165) is 6.42 Å². The Bertz CT molecular complexity index is 194. The van der Waals surface area contributed by atoms with Crippen LogP contribution in [0.15, 0.2) is 0 Å². The van der Waals surface area contributed by atoms with E-state index in [4.69, 9.17) is 10.8 Å². The van der Waals surface area contributed by atoms with E-state index in [2.05, 4.69) is 0 Å². The second kappa shape index (κ2) is 5.53. The van der Waals surface area contributed by atoms with Gasteiger partial charge in [0.05, 0.1) is 6.42 Å². The molecule has 0 aliphatic heterocycles. The minimum atomic E-state index is -1.14.